The Kier molecular flexibility index (Phi) is 6.54. The van der Waals surface area contributed by atoms with Crippen molar-refractivity contribution >= 4 is 5.91 Å². The Labute approximate surface area is 152 Å². The number of halogens is 5. The van der Waals surface area contributed by atoms with E-state index in [1.807, 2.05) is 0 Å². The number of hydrogen-bond donors (Lipinski definition) is 2. The van der Waals surface area contributed by atoms with Gasteiger partial charge in [-0.3, -0.25) is 4.79 Å². The summed E-state index contributed by atoms with van der Waals surface area (Å²) in [6.07, 6.45) is -5.78. The molecule has 0 fully saturated rings. The zero-order valence-electron chi connectivity index (χ0n) is 14.4. The summed E-state index contributed by atoms with van der Waals surface area (Å²) < 4.78 is 64.7. The number of hydrogen-bond acceptors (Lipinski definition) is 2. The Morgan fingerprint density at radius 2 is 1.85 bits per heavy atom. The van der Waals surface area contributed by atoms with Gasteiger partial charge < -0.3 is 10.4 Å². The molecule has 0 unspecified atom stereocenters. The number of alkyl halides is 3. The monoisotopic (exact) mass is 387 g/mol. The van der Waals surface area contributed by atoms with Crippen LogP contribution in [0.4, 0.5) is 22.0 Å². The Balaban J connectivity index is 1.94. The highest BCUT2D eigenvalue weighted by molar-refractivity contribution is 5.78. The Morgan fingerprint density at radius 1 is 1.15 bits per heavy atom. The molecule has 1 amide bonds. The number of benzene rings is 2. The second kappa shape index (κ2) is 8.47. The van der Waals surface area contributed by atoms with Gasteiger partial charge in [-0.2, -0.15) is 13.2 Å². The molecule has 0 saturated carbocycles. The van der Waals surface area contributed by atoms with Crippen molar-refractivity contribution in [2.75, 3.05) is 6.54 Å². The van der Waals surface area contributed by atoms with E-state index in [0.717, 1.165) is 24.3 Å². The maximum absolute atomic E-state index is 13.6. The molecular weight excluding hydrogens is 369 g/mol. The fourth-order valence-corrected chi connectivity index (χ4v) is 2.57. The number of aliphatic hydroxyl groups excluding tert-OH is 1. The summed E-state index contributed by atoms with van der Waals surface area (Å²) in [5.74, 6) is -2.90. The standard InChI is InChI=1S/C19H18F5NO2/c1-11(7-12-3-2-4-13(8-12)19(22,23)24)18(27)25-10-17(26)15-6-5-14(20)9-16(15)21/h2-6,8-9,11,17,26H,7,10H2,1H3,(H,25,27)/t11-,17+/m1/s1. The second-order valence-corrected chi connectivity index (χ2v) is 6.23. The first-order valence-corrected chi connectivity index (χ1v) is 8.14. The molecular formula is C19H18F5NO2. The molecule has 0 aliphatic heterocycles. The molecule has 0 aliphatic rings. The van der Waals surface area contributed by atoms with E-state index in [1.54, 1.807) is 0 Å². The first-order valence-electron chi connectivity index (χ1n) is 8.14. The predicted molar refractivity (Wildman–Crippen MR) is 88.6 cm³/mol. The topological polar surface area (TPSA) is 49.3 Å². The largest absolute Gasteiger partial charge is 0.416 e. The van der Waals surface area contributed by atoms with Gasteiger partial charge in [0.2, 0.25) is 5.91 Å². The fraction of sp³-hybridized carbons (Fsp3) is 0.316. The van der Waals surface area contributed by atoms with Crippen molar-refractivity contribution in [3.05, 3.63) is 70.8 Å². The highest BCUT2D eigenvalue weighted by atomic mass is 19.4. The third-order valence-electron chi connectivity index (χ3n) is 4.03. The van der Waals surface area contributed by atoms with Crippen molar-refractivity contribution in [3.63, 3.8) is 0 Å². The average molecular weight is 387 g/mol. The van der Waals surface area contributed by atoms with Gasteiger partial charge in [-0.1, -0.05) is 31.2 Å². The molecule has 146 valence electrons. The number of rotatable bonds is 6. The molecule has 2 rings (SSSR count). The molecule has 0 saturated heterocycles. The van der Waals surface area contributed by atoms with E-state index in [9.17, 15) is 31.9 Å². The van der Waals surface area contributed by atoms with Crippen LogP contribution in [-0.2, 0) is 17.4 Å². The van der Waals surface area contributed by atoms with Crippen LogP contribution in [0.25, 0.3) is 0 Å². The summed E-state index contributed by atoms with van der Waals surface area (Å²) in [6.45, 7) is 1.22. The summed E-state index contributed by atoms with van der Waals surface area (Å²) in [5.41, 5.74) is -0.616. The van der Waals surface area contributed by atoms with Crippen LogP contribution in [0.3, 0.4) is 0 Å². The van der Waals surface area contributed by atoms with E-state index in [-0.39, 0.29) is 18.5 Å². The van der Waals surface area contributed by atoms with Crippen molar-refractivity contribution in [3.8, 4) is 0 Å². The molecule has 0 aliphatic carbocycles. The molecule has 2 N–H and O–H groups in total. The SMILES string of the molecule is C[C@H](Cc1cccc(C(F)(F)F)c1)C(=O)NC[C@H](O)c1ccc(F)cc1F. The van der Waals surface area contributed by atoms with Crippen LogP contribution >= 0.6 is 0 Å². The summed E-state index contributed by atoms with van der Waals surface area (Å²) in [6, 6.07) is 7.36. The summed E-state index contributed by atoms with van der Waals surface area (Å²) in [4.78, 5) is 12.1. The van der Waals surface area contributed by atoms with Gasteiger partial charge in [0.25, 0.3) is 0 Å². The number of amides is 1. The van der Waals surface area contributed by atoms with E-state index >= 15 is 0 Å². The van der Waals surface area contributed by atoms with Crippen molar-refractivity contribution in [2.45, 2.75) is 25.6 Å². The first-order chi connectivity index (χ1) is 12.6. The van der Waals surface area contributed by atoms with Crippen LogP contribution in [-0.4, -0.2) is 17.6 Å². The first kappa shape index (κ1) is 20.8. The summed E-state index contributed by atoms with van der Waals surface area (Å²) >= 11 is 0. The lowest BCUT2D eigenvalue weighted by Crippen LogP contribution is -2.33. The quantitative estimate of drug-likeness (QED) is 0.736. The van der Waals surface area contributed by atoms with E-state index in [1.165, 1.54) is 19.1 Å². The fourth-order valence-electron chi connectivity index (χ4n) is 2.57. The second-order valence-electron chi connectivity index (χ2n) is 6.23. The molecule has 0 heterocycles. The lowest BCUT2D eigenvalue weighted by Gasteiger charge is -2.16. The molecule has 27 heavy (non-hydrogen) atoms. The minimum Gasteiger partial charge on any atom is -0.386 e. The lowest BCUT2D eigenvalue weighted by atomic mass is 9.98. The summed E-state index contributed by atoms with van der Waals surface area (Å²) in [5, 5.41) is 12.4. The summed E-state index contributed by atoms with van der Waals surface area (Å²) in [7, 11) is 0. The minimum atomic E-state index is -4.47. The normalized spacial score (nSPS) is 13.9. The number of carbonyl (C=O) groups is 1. The smallest absolute Gasteiger partial charge is 0.386 e. The molecule has 8 heteroatoms. The van der Waals surface area contributed by atoms with Crippen LogP contribution in [0, 0.1) is 17.6 Å². The Hall–Kier alpha value is -2.48. The van der Waals surface area contributed by atoms with Gasteiger partial charge in [0, 0.05) is 24.1 Å². The Bertz CT molecular complexity index is 807. The molecule has 0 bridgehead atoms. The maximum Gasteiger partial charge on any atom is 0.416 e. The van der Waals surface area contributed by atoms with E-state index in [0.29, 0.717) is 11.6 Å². The van der Waals surface area contributed by atoms with E-state index < -0.39 is 41.3 Å². The number of aliphatic hydroxyl groups is 1. The van der Waals surface area contributed by atoms with Crippen LogP contribution in [0.5, 0.6) is 0 Å². The van der Waals surface area contributed by atoms with Gasteiger partial charge in [-0.05, 0) is 24.1 Å². The van der Waals surface area contributed by atoms with E-state index in [4.69, 9.17) is 0 Å². The van der Waals surface area contributed by atoms with Gasteiger partial charge in [-0.15, -0.1) is 0 Å². The molecule has 0 radical (unpaired) electrons. The lowest BCUT2D eigenvalue weighted by molar-refractivity contribution is -0.137. The van der Waals surface area contributed by atoms with Crippen LogP contribution in [0.1, 0.15) is 29.7 Å². The minimum absolute atomic E-state index is 0.0662. The zero-order valence-corrected chi connectivity index (χ0v) is 14.4. The highest BCUT2D eigenvalue weighted by Crippen LogP contribution is 2.30. The van der Waals surface area contributed by atoms with Crippen molar-refractivity contribution in [2.24, 2.45) is 5.92 Å². The van der Waals surface area contributed by atoms with Crippen LogP contribution in [0.15, 0.2) is 42.5 Å². The Morgan fingerprint density at radius 3 is 2.48 bits per heavy atom. The molecule has 0 aromatic heterocycles. The van der Waals surface area contributed by atoms with Crippen LogP contribution < -0.4 is 5.32 Å². The zero-order chi connectivity index (χ0) is 20.2. The molecule has 3 nitrogen and oxygen atoms in total. The molecule has 2 atom stereocenters. The van der Waals surface area contributed by atoms with Crippen LogP contribution in [0.2, 0.25) is 0 Å². The van der Waals surface area contributed by atoms with Crippen molar-refractivity contribution in [1.82, 2.24) is 5.32 Å². The van der Waals surface area contributed by atoms with Gasteiger partial charge >= 0.3 is 6.18 Å². The maximum atomic E-state index is 13.6. The van der Waals surface area contributed by atoms with Crippen molar-refractivity contribution < 1.29 is 31.9 Å². The molecule has 0 spiro atoms. The van der Waals surface area contributed by atoms with Crippen molar-refractivity contribution in [1.29, 1.82) is 0 Å². The van der Waals surface area contributed by atoms with Gasteiger partial charge in [-0.25, -0.2) is 8.78 Å². The van der Waals surface area contributed by atoms with Gasteiger partial charge in [0.1, 0.15) is 11.6 Å². The average Bonchev–Trinajstić information content (AvgIpc) is 2.58. The third kappa shape index (κ3) is 5.75. The molecule has 2 aromatic carbocycles. The highest BCUT2D eigenvalue weighted by Gasteiger charge is 2.30. The van der Waals surface area contributed by atoms with Gasteiger partial charge in [0.05, 0.1) is 11.7 Å². The van der Waals surface area contributed by atoms with Gasteiger partial charge in [0.15, 0.2) is 0 Å². The predicted octanol–water partition coefficient (Wildman–Crippen LogP) is 4.01. The third-order valence-corrected chi connectivity index (χ3v) is 4.03. The van der Waals surface area contributed by atoms with E-state index in [2.05, 4.69) is 5.32 Å². The number of nitrogens with one attached hydrogen (secondary N) is 1. The molecule has 2 aromatic rings. The number of carbonyl (C=O) groups excluding carboxylic acids is 1.